The molecule has 43 heavy (non-hydrogen) atoms. The number of hydrogen-bond acceptors (Lipinski definition) is 9. The van der Waals surface area contributed by atoms with Crippen molar-refractivity contribution in [2.75, 3.05) is 17.3 Å². The van der Waals surface area contributed by atoms with Gasteiger partial charge in [0.1, 0.15) is 17.5 Å². The van der Waals surface area contributed by atoms with Gasteiger partial charge in [-0.2, -0.15) is 0 Å². The highest BCUT2D eigenvalue weighted by molar-refractivity contribution is 8.00. The van der Waals surface area contributed by atoms with Gasteiger partial charge in [0.25, 0.3) is 5.69 Å². The van der Waals surface area contributed by atoms with Crippen LogP contribution in [0.4, 0.5) is 17.1 Å². The van der Waals surface area contributed by atoms with E-state index in [1.165, 1.54) is 35.9 Å². The van der Waals surface area contributed by atoms with Crippen LogP contribution in [-0.2, 0) is 20.9 Å². The van der Waals surface area contributed by atoms with E-state index in [4.69, 9.17) is 4.74 Å². The van der Waals surface area contributed by atoms with E-state index in [-0.39, 0.29) is 22.8 Å². The molecule has 3 heterocycles. The lowest BCUT2D eigenvalue weighted by molar-refractivity contribution is -0.384. The van der Waals surface area contributed by atoms with Crippen LogP contribution in [0.15, 0.2) is 82.6 Å². The highest BCUT2D eigenvalue weighted by Gasteiger charge is 2.56. The fourth-order valence-electron chi connectivity index (χ4n) is 5.38. The average molecular weight is 617 g/mol. The number of carbonyl (C=O) groups is 3. The van der Waals surface area contributed by atoms with Crippen molar-refractivity contribution in [2.24, 2.45) is 5.92 Å². The number of non-ortho nitro benzene ring substituents is 1. The molecule has 11 nitrogen and oxygen atoms in total. The molecule has 0 aliphatic carbocycles. The van der Waals surface area contributed by atoms with Crippen LogP contribution < -0.4 is 19.8 Å². The van der Waals surface area contributed by atoms with E-state index < -0.39 is 39.7 Å². The number of fused-ring (bicyclic) bond motifs is 2. The van der Waals surface area contributed by atoms with E-state index in [1.807, 2.05) is 19.1 Å². The van der Waals surface area contributed by atoms with Gasteiger partial charge in [-0.15, -0.1) is 0 Å². The number of nitrogens with zero attached hydrogens (tertiary/aromatic N) is 3. The van der Waals surface area contributed by atoms with E-state index >= 15 is 0 Å². The average Bonchev–Trinajstić information content (AvgIpc) is 3.44. The van der Waals surface area contributed by atoms with Crippen molar-refractivity contribution in [1.82, 2.24) is 4.57 Å². The number of hydrogen-bond donors (Lipinski definition) is 1. The number of thiazole rings is 1. The molecular weight excluding hydrogens is 592 g/mol. The minimum absolute atomic E-state index is 0.166. The quantitative estimate of drug-likeness (QED) is 0.181. The minimum Gasteiger partial charge on any atom is -0.497 e. The maximum Gasteiger partial charge on any atom is 0.308 e. The Morgan fingerprint density at radius 1 is 0.977 bits per heavy atom. The summed E-state index contributed by atoms with van der Waals surface area (Å²) in [5.41, 5.74) is 2.40. The molecule has 0 bridgehead atoms. The number of aromatic nitrogens is 1. The largest absolute Gasteiger partial charge is 0.497 e. The van der Waals surface area contributed by atoms with E-state index in [9.17, 15) is 29.3 Å². The number of imide groups is 1. The molecule has 218 valence electrons. The standard InChI is InChI=1S/C30H24N4O7S2/c1-16-3-7-18(8-4-16)31-22(35)15-32-29-26(43-30(32)38)23(17-5-13-21(41-2)14-6-17)24-25(42-29)28(37)33(27(24)36)19-9-11-20(12-10-19)34(39)40/h3-14,23-25H,15H2,1-2H3,(H,31,35)/t23-,24?,25?/m0/s1. The Hall–Kier alpha value is -4.75. The predicted octanol–water partition coefficient (Wildman–Crippen LogP) is 4.57. The highest BCUT2D eigenvalue weighted by atomic mass is 32.2. The number of nitrogens with one attached hydrogen (secondary N) is 1. The zero-order valence-electron chi connectivity index (χ0n) is 22.9. The Bertz CT molecular complexity index is 1820. The first-order chi connectivity index (χ1) is 20.7. The molecule has 3 amide bonds. The number of thioether (sulfide) groups is 1. The van der Waals surface area contributed by atoms with Crippen LogP contribution in [0.5, 0.6) is 5.75 Å². The van der Waals surface area contributed by atoms with Crippen LogP contribution in [-0.4, -0.2) is 39.6 Å². The summed E-state index contributed by atoms with van der Waals surface area (Å²) in [7, 11) is 1.54. The maximum atomic E-state index is 14.0. The molecule has 3 atom stereocenters. The molecule has 1 N–H and O–H groups in total. The molecule has 1 fully saturated rings. The number of amides is 3. The zero-order valence-corrected chi connectivity index (χ0v) is 24.5. The predicted molar refractivity (Wildman–Crippen MR) is 162 cm³/mol. The van der Waals surface area contributed by atoms with Crippen molar-refractivity contribution in [2.45, 2.75) is 29.7 Å². The van der Waals surface area contributed by atoms with Crippen LogP contribution in [0.2, 0.25) is 0 Å². The van der Waals surface area contributed by atoms with E-state index in [0.717, 1.165) is 33.6 Å². The monoisotopic (exact) mass is 616 g/mol. The van der Waals surface area contributed by atoms with Gasteiger partial charge in [-0.25, -0.2) is 4.90 Å². The molecular formula is C30H24N4O7S2. The number of benzene rings is 3. The van der Waals surface area contributed by atoms with Gasteiger partial charge >= 0.3 is 4.87 Å². The lowest BCUT2D eigenvalue weighted by atomic mass is 9.83. The minimum atomic E-state index is -0.886. The summed E-state index contributed by atoms with van der Waals surface area (Å²) in [6.07, 6.45) is 0. The molecule has 1 aromatic heterocycles. The smallest absolute Gasteiger partial charge is 0.308 e. The van der Waals surface area contributed by atoms with Crippen molar-refractivity contribution in [3.63, 3.8) is 0 Å². The third kappa shape index (κ3) is 5.10. The van der Waals surface area contributed by atoms with Crippen LogP contribution in [0.25, 0.3) is 0 Å². The molecule has 6 rings (SSSR count). The summed E-state index contributed by atoms with van der Waals surface area (Å²) < 4.78 is 6.65. The SMILES string of the molecule is COc1ccc([C@@H]2c3sc(=O)n(CC(=O)Nc4ccc(C)cc4)c3SC3C(=O)N(c4ccc([N+](=O)[O-])cc4)C(=O)C32)cc1. The number of anilines is 2. The molecule has 3 aromatic carbocycles. The first-order valence-electron chi connectivity index (χ1n) is 13.2. The number of aryl methyl sites for hydroxylation is 1. The third-order valence-corrected chi connectivity index (χ3v) is 10.1. The van der Waals surface area contributed by atoms with E-state index in [2.05, 4.69) is 5.32 Å². The summed E-state index contributed by atoms with van der Waals surface area (Å²) in [6, 6.07) is 19.6. The number of ether oxygens (including phenoxy) is 1. The lowest BCUT2D eigenvalue weighted by Crippen LogP contribution is -2.33. The lowest BCUT2D eigenvalue weighted by Gasteiger charge is -2.30. The highest BCUT2D eigenvalue weighted by Crippen LogP contribution is 2.54. The van der Waals surface area contributed by atoms with Gasteiger partial charge in [0, 0.05) is 28.6 Å². The van der Waals surface area contributed by atoms with Crippen LogP contribution in [0, 0.1) is 23.0 Å². The Balaban J connectivity index is 1.39. The van der Waals surface area contributed by atoms with Crippen molar-refractivity contribution in [3.8, 4) is 5.75 Å². The third-order valence-electron chi connectivity index (χ3n) is 7.48. The maximum absolute atomic E-state index is 14.0. The van der Waals surface area contributed by atoms with Gasteiger partial charge in [0.05, 0.1) is 28.7 Å². The normalized spacial score (nSPS) is 19.1. The first kappa shape index (κ1) is 28.4. The Kier molecular flexibility index (Phi) is 7.36. The Morgan fingerprint density at radius 3 is 2.28 bits per heavy atom. The van der Waals surface area contributed by atoms with Crippen molar-refractivity contribution < 1.29 is 24.0 Å². The summed E-state index contributed by atoms with van der Waals surface area (Å²) in [4.78, 5) is 66.0. The first-order valence-corrected chi connectivity index (χ1v) is 14.9. The van der Waals surface area contributed by atoms with Gasteiger partial charge in [0.15, 0.2) is 0 Å². The molecule has 0 saturated carbocycles. The van der Waals surface area contributed by atoms with E-state index in [0.29, 0.717) is 26.9 Å². The van der Waals surface area contributed by atoms with E-state index in [1.54, 1.807) is 36.4 Å². The molecule has 0 radical (unpaired) electrons. The van der Waals surface area contributed by atoms with Crippen molar-refractivity contribution in [1.29, 1.82) is 0 Å². The number of nitro benzene ring substituents is 1. The second kappa shape index (κ2) is 11.2. The summed E-state index contributed by atoms with van der Waals surface area (Å²) >= 11 is 2.05. The number of rotatable bonds is 7. The molecule has 2 aliphatic rings. The number of carbonyl (C=O) groups excluding carboxylic acids is 3. The van der Waals surface area contributed by atoms with Gasteiger partial charge in [-0.1, -0.05) is 52.9 Å². The Labute approximate surface area is 253 Å². The molecule has 1 saturated heterocycles. The molecule has 4 aromatic rings. The second-order valence-electron chi connectivity index (χ2n) is 10.1. The second-order valence-corrected chi connectivity index (χ2v) is 12.3. The molecule has 2 aliphatic heterocycles. The van der Waals surface area contributed by atoms with Crippen LogP contribution in [0.3, 0.4) is 0 Å². The molecule has 13 heteroatoms. The van der Waals surface area contributed by atoms with Crippen LogP contribution >= 0.6 is 23.1 Å². The van der Waals surface area contributed by atoms with Gasteiger partial charge in [-0.3, -0.25) is 33.9 Å². The summed E-state index contributed by atoms with van der Waals surface area (Å²) in [5.74, 6) is -2.26. The Morgan fingerprint density at radius 2 is 1.65 bits per heavy atom. The summed E-state index contributed by atoms with van der Waals surface area (Å²) in [6.45, 7) is 1.66. The zero-order chi connectivity index (χ0) is 30.4. The van der Waals surface area contributed by atoms with Gasteiger partial charge < -0.3 is 10.1 Å². The molecule has 2 unspecified atom stereocenters. The van der Waals surface area contributed by atoms with Crippen molar-refractivity contribution >= 4 is 57.9 Å². The fourth-order valence-corrected chi connectivity index (χ4v) is 8.16. The number of methoxy groups -OCH3 is 1. The fraction of sp³-hybridized carbons (Fsp3) is 0.200. The summed E-state index contributed by atoms with van der Waals surface area (Å²) in [5, 5.41) is 13.5. The van der Waals surface area contributed by atoms with Gasteiger partial charge in [0.2, 0.25) is 17.7 Å². The van der Waals surface area contributed by atoms with Gasteiger partial charge in [-0.05, 0) is 48.9 Å². The van der Waals surface area contributed by atoms with Crippen molar-refractivity contribution in [3.05, 3.63) is 109 Å². The number of nitro groups is 1. The topological polar surface area (TPSA) is 141 Å². The molecule has 0 spiro atoms. The van der Waals surface area contributed by atoms with Crippen LogP contribution in [0.1, 0.15) is 21.9 Å².